The molecule has 1 saturated carbocycles. The van der Waals surface area contributed by atoms with E-state index in [-0.39, 0.29) is 16.7 Å². The van der Waals surface area contributed by atoms with Crippen LogP contribution in [0.25, 0.3) is 17.2 Å². The summed E-state index contributed by atoms with van der Waals surface area (Å²) in [7, 11) is 0. The first-order valence-corrected chi connectivity index (χ1v) is 9.72. The van der Waals surface area contributed by atoms with Crippen LogP contribution in [0, 0.1) is 0 Å². The lowest BCUT2D eigenvalue weighted by Gasteiger charge is -2.18. The van der Waals surface area contributed by atoms with Gasteiger partial charge in [0.1, 0.15) is 0 Å². The third kappa shape index (κ3) is 3.39. The van der Waals surface area contributed by atoms with Crippen LogP contribution < -0.4 is 10.9 Å². The second-order valence-corrected chi connectivity index (χ2v) is 7.52. The molecule has 1 aliphatic carbocycles. The maximum Gasteiger partial charge on any atom is 0.274 e. The highest BCUT2D eigenvalue weighted by Crippen LogP contribution is 2.46. The summed E-state index contributed by atoms with van der Waals surface area (Å²) in [6.07, 6.45) is -0.800. The van der Waals surface area contributed by atoms with E-state index in [4.69, 9.17) is 0 Å². The van der Waals surface area contributed by atoms with Gasteiger partial charge in [-0.05, 0) is 24.5 Å². The van der Waals surface area contributed by atoms with Gasteiger partial charge in [-0.25, -0.2) is 13.8 Å². The number of H-pyrrole nitrogens is 1. The number of hydrogen-bond acceptors (Lipinski definition) is 4. The number of alkyl halides is 2. The zero-order valence-corrected chi connectivity index (χ0v) is 16.0. The first-order chi connectivity index (χ1) is 14.5. The van der Waals surface area contributed by atoms with Crippen LogP contribution in [-0.4, -0.2) is 19.6 Å². The highest BCUT2D eigenvalue weighted by atomic mass is 19.3. The van der Waals surface area contributed by atoms with E-state index in [1.165, 1.54) is 16.6 Å². The van der Waals surface area contributed by atoms with E-state index < -0.39 is 6.43 Å². The third-order valence-electron chi connectivity index (χ3n) is 5.48. The van der Waals surface area contributed by atoms with Crippen molar-refractivity contribution in [3.05, 3.63) is 87.8 Å². The van der Waals surface area contributed by atoms with Gasteiger partial charge in [0.05, 0.1) is 5.69 Å². The van der Waals surface area contributed by atoms with Crippen LogP contribution in [-0.2, 0) is 12.1 Å². The van der Waals surface area contributed by atoms with E-state index in [1.54, 1.807) is 12.1 Å². The molecule has 0 saturated heterocycles. The van der Waals surface area contributed by atoms with Gasteiger partial charge in [0.15, 0.2) is 5.82 Å². The number of nitrogens with one attached hydrogen (secondary N) is 2. The van der Waals surface area contributed by atoms with E-state index in [2.05, 4.69) is 20.4 Å². The van der Waals surface area contributed by atoms with Crippen LogP contribution in [0.5, 0.6) is 0 Å². The summed E-state index contributed by atoms with van der Waals surface area (Å²) in [6, 6.07) is 17.5. The lowest BCUT2D eigenvalue weighted by molar-refractivity contribution is 0.151. The normalized spacial score (nSPS) is 15.0. The number of fused-ring (bicyclic) bond motifs is 1. The fourth-order valence-corrected chi connectivity index (χ4v) is 3.67. The van der Waals surface area contributed by atoms with E-state index in [1.807, 2.05) is 36.4 Å². The number of rotatable bonds is 6. The minimum absolute atomic E-state index is 0.0170. The highest BCUT2D eigenvalue weighted by Gasteiger charge is 2.44. The molecule has 1 fully saturated rings. The number of aromatic nitrogens is 4. The summed E-state index contributed by atoms with van der Waals surface area (Å²) in [5, 5.41) is 6.38. The van der Waals surface area contributed by atoms with Crippen LogP contribution in [0.3, 0.4) is 0 Å². The summed E-state index contributed by atoms with van der Waals surface area (Å²) in [5.41, 5.74) is 1.67. The van der Waals surface area contributed by atoms with Crippen molar-refractivity contribution in [2.45, 2.75) is 31.4 Å². The van der Waals surface area contributed by atoms with Crippen LogP contribution in [0.4, 0.5) is 8.78 Å². The number of nitrogens with zero attached hydrogens (tertiary/aromatic N) is 3. The monoisotopic (exact) mass is 407 g/mol. The second-order valence-electron chi connectivity index (χ2n) is 7.52. The predicted octanol–water partition coefficient (Wildman–Crippen LogP) is 3.80. The van der Waals surface area contributed by atoms with E-state index in [0.717, 1.165) is 24.0 Å². The van der Waals surface area contributed by atoms with Gasteiger partial charge in [-0.3, -0.25) is 9.89 Å². The fraction of sp³-hybridized carbons (Fsp3) is 0.227. The zero-order chi connectivity index (χ0) is 20.7. The number of benzene rings is 2. The molecule has 2 heterocycles. The summed E-state index contributed by atoms with van der Waals surface area (Å²) in [4.78, 5) is 21.4. The molecule has 30 heavy (non-hydrogen) atoms. The number of hydrogen-bond donors (Lipinski definition) is 2. The van der Waals surface area contributed by atoms with Gasteiger partial charge < -0.3 is 5.32 Å². The lowest BCUT2D eigenvalue weighted by atomic mass is 10.0. The van der Waals surface area contributed by atoms with Crippen molar-refractivity contribution >= 4 is 5.78 Å². The Morgan fingerprint density at radius 1 is 1.07 bits per heavy atom. The van der Waals surface area contributed by atoms with Crippen LogP contribution >= 0.6 is 0 Å². The largest absolute Gasteiger partial charge is 0.302 e. The number of halogens is 2. The molecule has 0 bridgehead atoms. The standard InChI is InChI=1S/C22H19F2N5O/c23-19(24)15-7-4-8-16(11-15)22(9-10-22)25-13-17-12-18(30)29-21(26-17)27-20(28-29)14-5-2-1-3-6-14/h1-8,11-12,19,25H,9-10,13H2,(H,26,27,28). The molecule has 0 amide bonds. The Bertz CT molecular complexity index is 1260. The molecule has 0 unspecified atom stereocenters. The van der Waals surface area contributed by atoms with Gasteiger partial charge in [-0.2, -0.15) is 9.50 Å². The highest BCUT2D eigenvalue weighted by molar-refractivity contribution is 5.56. The predicted molar refractivity (Wildman–Crippen MR) is 108 cm³/mol. The average Bonchev–Trinajstić information content (AvgIpc) is 3.44. The molecular formula is C22H19F2N5O. The molecule has 5 rings (SSSR count). The van der Waals surface area contributed by atoms with Crippen molar-refractivity contribution < 1.29 is 8.78 Å². The topological polar surface area (TPSA) is 75.1 Å². The van der Waals surface area contributed by atoms with Crippen molar-refractivity contribution in [3.8, 4) is 11.4 Å². The summed E-state index contributed by atoms with van der Waals surface area (Å²) >= 11 is 0. The third-order valence-corrected chi connectivity index (χ3v) is 5.48. The lowest BCUT2D eigenvalue weighted by Crippen LogP contribution is -2.30. The van der Waals surface area contributed by atoms with Gasteiger partial charge in [0, 0.05) is 29.3 Å². The molecule has 0 spiro atoms. The fourth-order valence-electron chi connectivity index (χ4n) is 3.67. The van der Waals surface area contributed by atoms with E-state index >= 15 is 0 Å². The van der Waals surface area contributed by atoms with Gasteiger partial charge in [-0.15, -0.1) is 0 Å². The molecule has 152 valence electrons. The Kier molecular flexibility index (Phi) is 4.43. The maximum atomic E-state index is 13.0. The summed E-state index contributed by atoms with van der Waals surface area (Å²) < 4.78 is 27.4. The van der Waals surface area contributed by atoms with Crippen molar-refractivity contribution in [2.24, 2.45) is 0 Å². The SMILES string of the molecule is O=c1cc(CNC2(c3cccc(C(F)F)c3)CC2)nc2nc(-c3ccccc3)[nH]n12. The van der Waals surface area contributed by atoms with Gasteiger partial charge in [0.2, 0.25) is 0 Å². The quantitative estimate of drug-likeness (QED) is 0.510. The van der Waals surface area contributed by atoms with Crippen LogP contribution in [0.1, 0.15) is 36.1 Å². The van der Waals surface area contributed by atoms with E-state index in [9.17, 15) is 13.6 Å². The Morgan fingerprint density at radius 3 is 2.60 bits per heavy atom. The Hall–Kier alpha value is -3.39. The van der Waals surface area contributed by atoms with Gasteiger partial charge in [-0.1, -0.05) is 48.5 Å². The maximum absolute atomic E-state index is 13.0. The van der Waals surface area contributed by atoms with Gasteiger partial charge >= 0.3 is 0 Å². The first-order valence-electron chi connectivity index (χ1n) is 9.72. The Morgan fingerprint density at radius 2 is 1.87 bits per heavy atom. The van der Waals surface area contributed by atoms with Crippen molar-refractivity contribution in [2.75, 3.05) is 0 Å². The minimum Gasteiger partial charge on any atom is -0.302 e. The molecule has 0 atom stereocenters. The van der Waals surface area contributed by atoms with Crippen molar-refractivity contribution in [1.29, 1.82) is 0 Å². The first kappa shape index (κ1) is 18.6. The summed E-state index contributed by atoms with van der Waals surface area (Å²) in [6.45, 7) is 0.345. The van der Waals surface area contributed by atoms with E-state index in [0.29, 0.717) is 23.8 Å². The molecule has 4 aromatic rings. The molecule has 2 aromatic carbocycles. The van der Waals surface area contributed by atoms with Gasteiger partial charge in [0.25, 0.3) is 17.8 Å². The van der Waals surface area contributed by atoms with Crippen LogP contribution in [0.15, 0.2) is 65.5 Å². The molecular weight excluding hydrogens is 388 g/mol. The summed E-state index contributed by atoms with van der Waals surface area (Å²) in [5.74, 6) is 0.857. The molecule has 8 heteroatoms. The zero-order valence-electron chi connectivity index (χ0n) is 16.0. The Balaban J connectivity index is 1.39. The molecule has 1 aliphatic rings. The number of aromatic amines is 1. The van der Waals surface area contributed by atoms with Crippen molar-refractivity contribution in [1.82, 2.24) is 24.9 Å². The molecule has 2 aromatic heterocycles. The molecule has 6 nitrogen and oxygen atoms in total. The molecule has 0 radical (unpaired) electrons. The molecule has 0 aliphatic heterocycles. The Labute approximate surface area is 170 Å². The van der Waals surface area contributed by atoms with Crippen molar-refractivity contribution in [3.63, 3.8) is 0 Å². The second kappa shape index (κ2) is 7.14. The smallest absolute Gasteiger partial charge is 0.274 e. The van der Waals surface area contributed by atoms with Crippen LogP contribution in [0.2, 0.25) is 0 Å². The minimum atomic E-state index is -2.50. The molecule has 2 N–H and O–H groups in total. The average molecular weight is 407 g/mol.